The number of ether oxygens (including phenoxy) is 1. The summed E-state index contributed by atoms with van der Waals surface area (Å²) in [7, 11) is -3.22. The number of rotatable bonds is 7. The summed E-state index contributed by atoms with van der Waals surface area (Å²) in [6.07, 6.45) is 1.42. The Kier molecular flexibility index (Phi) is 6.97. The van der Waals surface area contributed by atoms with Crippen LogP contribution >= 0.6 is 0 Å². The number of sulfonamides is 1. The summed E-state index contributed by atoms with van der Waals surface area (Å²) in [4.78, 5) is 19.1. The van der Waals surface area contributed by atoms with Crippen molar-refractivity contribution in [1.29, 1.82) is 0 Å². The molecule has 0 aliphatic rings. The third-order valence-electron chi connectivity index (χ3n) is 6.11. The van der Waals surface area contributed by atoms with Crippen molar-refractivity contribution in [3.63, 3.8) is 0 Å². The lowest BCUT2D eigenvalue weighted by molar-refractivity contribution is 0.0696. The van der Waals surface area contributed by atoms with Crippen LogP contribution in [0.4, 0.5) is 24.7 Å². The standard InChI is InChI=1S/C28H19F3N4O5S/c1-40-27-24(35-41(38,39)25-5-3-19(29)12-22(25)31)11-18(13-33-27)14-2-4-23-16(6-14)10-21(26(32)34-23)15-7-17(28(36)37)9-20(30)8-15/h2-13,35H,1H3,(H2,32,34)(H,36,37). The third kappa shape index (κ3) is 5.47. The molecule has 5 rings (SSSR count). The second-order valence-corrected chi connectivity index (χ2v) is 10.5. The molecular weight excluding hydrogens is 561 g/mol. The molecule has 5 aromatic rings. The number of carbonyl (C=O) groups is 1. The number of nitrogens with one attached hydrogen (secondary N) is 1. The van der Waals surface area contributed by atoms with Gasteiger partial charge in [-0.3, -0.25) is 4.72 Å². The Bertz CT molecular complexity index is 1970. The predicted molar refractivity (Wildman–Crippen MR) is 145 cm³/mol. The number of hydrogen-bond acceptors (Lipinski definition) is 7. The zero-order valence-corrected chi connectivity index (χ0v) is 21.8. The first-order valence-electron chi connectivity index (χ1n) is 11.7. The van der Waals surface area contributed by atoms with Crippen molar-refractivity contribution in [2.45, 2.75) is 4.90 Å². The molecule has 13 heteroatoms. The van der Waals surface area contributed by atoms with Gasteiger partial charge < -0.3 is 15.6 Å². The maximum Gasteiger partial charge on any atom is 0.335 e. The first kappa shape index (κ1) is 27.4. The average molecular weight is 581 g/mol. The minimum atomic E-state index is -4.49. The van der Waals surface area contributed by atoms with Gasteiger partial charge in [0.1, 0.15) is 33.9 Å². The molecule has 0 atom stereocenters. The second kappa shape index (κ2) is 10.4. The van der Waals surface area contributed by atoms with E-state index < -0.39 is 38.3 Å². The number of nitrogens with zero attached hydrogens (tertiary/aromatic N) is 2. The van der Waals surface area contributed by atoms with Crippen molar-refractivity contribution < 1.29 is 36.2 Å². The Morgan fingerprint density at radius 2 is 1.71 bits per heavy atom. The van der Waals surface area contributed by atoms with E-state index in [0.717, 1.165) is 24.3 Å². The second-order valence-electron chi connectivity index (χ2n) is 8.82. The molecule has 0 aliphatic heterocycles. The first-order valence-corrected chi connectivity index (χ1v) is 13.2. The maximum absolute atomic E-state index is 14.2. The molecule has 0 unspecified atom stereocenters. The minimum absolute atomic E-state index is 0.0584. The fourth-order valence-corrected chi connectivity index (χ4v) is 5.32. The van der Waals surface area contributed by atoms with E-state index in [1.54, 1.807) is 24.3 Å². The lowest BCUT2D eigenvalue weighted by Gasteiger charge is -2.14. The lowest BCUT2D eigenvalue weighted by Crippen LogP contribution is -2.15. The normalized spacial score (nSPS) is 11.4. The van der Waals surface area contributed by atoms with E-state index in [1.165, 1.54) is 25.4 Å². The van der Waals surface area contributed by atoms with Gasteiger partial charge in [-0.15, -0.1) is 0 Å². The number of nitrogens with two attached hydrogens (primary N) is 1. The van der Waals surface area contributed by atoms with Crippen LogP contribution in [0.25, 0.3) is 33.2 Å². The summed E-state index contributed by atoms with van der Waals surface area (Å²) in [5.41, 5.74) is 7.74. The van der Waals surface area contributed by atoms with Crippen molar-refractivity contribution in [2.75, 3.05) is 17.6 Å². The molecule has 4 N–H and O–H groups in total. The number of nitrogen functional groups attached to an aromatic ring is 1. The number of carboxylic acids is 1. The molecule has 9 nitrogen and oxygen atoms in total. The highest BCUT2D eigenvalue weighted by Gasteiger charge is 2.22. The van der Waals surface area contributed by atoms with Gasteiger partial charge in [-0.25, -0.2) is 36.4 Å². The number of hydrogen-bond donors (Lipinski definition) is 3. The summed E-state index contributed by atoms with van der Waals surface area (Å²) >= 11 is 0. The van der Waals surface area contributed by atoms with E-state index in [-0.39, 0.29) is 28.5 Å². The van der Waals surface area contributed by atoms with Crippen molar-refractivity contribution in [3.05, 3.63) is 95.9 Å². The van der Waals surface area contributed by atoms with Gasteiger partial charge in [0, 0.05) is 28.8 Å². The number of pyridine rings is 2. The molecule has 0 saturated heterocycles. The SMILES string of the molecule is COc1ncc(-c2ccc3nc(N)c(-c4cc(F)cc(C(=O)O)c4)cc3c2)cc1NS(=O)(=O)c1ccc(F)cc1F. The fourth-order valence-electron chi connectivity index (χ4n) is 4.21. The molecule has 3 aromatic carbocycles. The van der Waals surface area contributed by atoms with Gasteiger partial charge in [-0.1, -0.05) is 6.07 Å². The Hall–Kier alpha value is -5.17. The molecule has 41 heavy (non-hydrogen) atoms. The summed E-state index contributed by atoms with van der Waals surface area (Å²) in [5, 5.41) is 9.85. The van der Waals surface area contributed by atoms with Crippen LogP contribution in [-0.2, 0) is 10.0 Å². The highest BCUT2D eigenvalue weighted by molar-refractivity contribution is 7.92. The molecular formula is C28H19F3N4O5S. The van der Waals surface area contributed by atoms with Crippen LogP contribution in [0.2, 0.25) is 0 Å². The van der Waals surface area contributed by atoms with Crippen LogP contribution in [-0.4, -0.2) is 36.6 Å². The molecule has 0 amide bonds. The summed E-state index contributed by atoms with van der Waals surface area (Å²) < 4.78 is 74.8. The van der Waals surface area contributed by atoms with Crippen molar-refractivity contribution in [2.24, 2.45) is 0 Å². The Morgan fingerprint density at radius 1 is 0.927 bits per heavy atom. The number of aromatic carboxylic acids is 1. The maximum atomic E-state index is 14.2. The Balaban J connectivity index is 1.57. The Labute approximate surface area is 231 Å². The van der Waals surface area contributed by atoms with Crippen LogP contribution in [0.5, 0.6) is 5.88 Å². The van der Waals surface area contributed by atoms with Crippen molar-refractivity contribution in [3.8, 4) is 28.1 Å². The van der Waals surface area contributed by atoms with Crippen LogP contribution in [0.1, 0.15) is 10.4 Å². The number of aromatic nitrogens is 2. The van der Waals surface area contributed by atoms with Gasteiger partial charge in [0.2, 0.25) is 5.88 Å². The topological polar surface area (TPSA) is 144 Å². The molecule has 208 valence electrons. The molecule has 2 heterocycles. The molecule has 0 radical (unpaired) electrons. The third-order valence-corrected chi connectivity index (χ3v) is 7.50. The van der Waals surface area contributed by atoms with Gasteiger partial charge in [0.05, 0.1) is 18.2 Å². The largest absolute Gasteiger partial charge is 0.480 e. The summed E-state index contributed by atoms with van der Waals surface area (Å²) in [6, 6.07) is 13.5. The smallest absolute Gasteiger partial charge is 0.335 e. The fraction of sp³-hybridized carbons (Fsp3) is 0.0357. The number of halogens is 3. The molecule has 2 aromatic heterocycles. The highest BCUT2D eigenvalue weighted by Crippen LogP contribution is 2.34. The van der Waals surface area contributed by atoms with Gasteiger partial charge in [-0.05, 0) is 65.7 Å². The van der Waals surface area contributed by atoms with Crippen LogP contribution in [0.3, 0.4) is 0 Å². The van der Waals surface area contributed by atoms with Crippen molar-refractivity contribution >= 4 is 38.4 Å². The van der Waals surface area contributed by atoms with E-state index in [0.29, 0.717) is 33.7 Å². The van der Waals surface area contributed by atoms with Crippen LogP contribution in [0.15, 0.2) is 77.8 Å². The zero-order valence-electron chi connectivity index (χ0n) is 21.0. The lowest BCUT2D eigenvalue weighted by atomic mass is 9.99. The van der Waals surface area contributed by atoms with Gasteiger partial charge in [0.25, 0.3) is 10.0 Å². The average Bonchev–Trinajstić information content (AvgIpc) is 2.91. The van der Waals surface area contributed by atoms with Crippen LogP contribution in [0, 0.1) is 17.5 Å². The number of anilines is 2. The van der Waals surface area contributed by atoms with E-state index in [2.05, 4.69) is 14.7 Å². The quantitative estimate of drug-likeness (QED) is 0.230. The van der Waals surface area contributed by atoms with Crippen LogP contribution < -0.4 is 15.2 Å². The predicted octanol–water partition coefficient (Wildman–Crippen LogP) is 5.47. The zero-order chi connectivity index (χ0) is 29.5. The number of fused-ring (bicyclic) bond motifs is 1. The van der Waals surface area contributed by atoms with E-state index in [4.69, 9.17) is 10.5 Å². The number of methoxy groups -OCH3 is 1. The van der Waals surface area contributed by atoms with E-state index in [1.807, 2.05) is 0 Å². The van der Waals surface area contributed by atoms with E-state index in [9.17, 15) is 31.5 Å². The Morgan fingerprint density at radius 3 is 2.41 bits per heavy atom. The number of carboxylic acid groups (broad SMARTS) is 1. The van der Waals surface area contributed by atoms with E-state index >= 15 is 0 Å². The van der Waals surface area contributed by atoms with Gasteiger partial charge >= 0.3 is 5.97 Å². The summed E-state index contributed by atoms with van der Waals surface area (Å²) in [5.74, 6) is -4.31. The molecule has 0 bridgehead atoms. The first-order chi connectivity index (χ1) is 19.4. The minimum Gasteiger partial charge on any atom is -0.480 e. The molecule has 0 saturated carbocycles. The van der Waals surface area contributed by atoms with Gasteiger partial charge in [-0.2, -0.15) is 0 Å². The van der Waals surface area contributed by atoms with Crippen molar-refractivity contribution in [1.82, 2.24) is 9.97 Å². The molecule has 0 fully saturated rings. The highest BCUT2D eigenvalue weighted by atomic mass is 32.2. The monoisotopic (exact) mass is 580 g/mol. The summed E-state index contributed by atoms with van der Waals surface area (Å²) in [6.45, 7) is 0. The van der Waals surface area contributed by atoms with Gasteiger partial charge in [0.15, 0.2) is 0 Å². The molecule has 0 spiro atoms. The molecule has 0 aliphatic carbocycles. The number of benzene rings is 3.